The van der Waals surface area contributed by atoms with Gasteiger partial charge < -0.3 is 20.6 Å². The predicted octanol–water partition coefficient (Wildman–Crippen LogP) is -1.88. The van der Waals surface area contributed by atoms with E-state index in [0.717, 1.165) is 0 Å². The lowest BCUT2D eigenvalue weighted by Crippen LogP contribution is -2.55. The smallest absolute Gasteiger partial charge is 0.151 e. The second-order valence-electron chi connectivity index (χ2n) is 3.83. The van der Waals surface area contributed by atoms with Crippen LogP contribution in [0.1, 0.15) is 13.3 Å². The van der Waals surface area contributed by atoms with Crippen LogP contribution in [0, 0.1) is 0 Å². The fraction of sp³-hybridized carbons (Fsp3) is 1.00. The fourth-order valence-corrected chi connectivity index (χ4v) is 2.44. The lowest BCUT2D eigenvalue weighted by Gasteiger charge is -2.28. The molecular weight excluding hydrogens is 234 g/mol. The molecule has 0 atom stereocenters. The Morgan fingerprint density at radius 3 is 1.94 bits per heavy atom. The van der Waals surface area contributed by atoms with E-state index in [1.54, 1.807) is 6.92 Å². The summed E-state index contributed by atoms with van der Waals surface area (Å²) in [4.78, 5) is 0. The zero-order chi connectivity index (χ0) is 12.7. The predicted molar refractivity (Wildman–Crippen MR) is 60.9 cm³/mol. The van der Waals surface area contributed by atoms with Crippen LogP contribution in [0.25, 0.3) is 0 Å². The third-order valence-electron chi connectivity index (χ3n) is 2.34. The Morgan fingerprint density at radius 2 is 1.56 bits per heavy atom. The molecule has 0 saturated heterocycles. The van der Waals surface area contributed by atoms with E-state index in [2.05, 4.69) is 5.32 Å². The molecule has 0 unspecified atom stereocenters. The van der Waals surface area contributed by atoms with E-state index >= 15 is 0 Å². The molecule has 0 rings (SSSR count). The Bertz CT molecular complexity index is 265. The van der Waals surface area contributed by atoms with Crippen molar-refractivity contribution in [3.8, 4) is 0 Å². The molecule has 0 aromatic heterocycles. The molecule has 0 aliphatic carbocycles. The summed E-state index contributed by atoms with van der Waals surface area (Å²) in [7, 11) is -3.09. The van der Waals surface area contributed by atoms with Crippen LogP contribution in [-0.4, -0.2) is 67.1 Å². The Hall–Kier alpha value is -0.210. The molecule has 98 valence electrons. The minimum Gasteiger partial charge on any atom is -0.394 e. The Labute approximate surface area is 96.2 Å². The summed E-state index contributed by atoms with van der Waals surface area (Å²) in [6.07, 6.45) is 0.563. The summed E-state index contributed by atoms with van der Waals surface area (Å²) in [6, 6.07) is 0. The van der Waals surface area contributed by atoms with Crippen molar-refractivity contribution >= 4 is 9.84 Å². The molecule has 7 heteroatoms. The maximum Gasteiger partial charge on any atom is 0.151 e. The number of aliphatic hydroxyl groups excluding tert-OH is 3. The van der Waals surface area contributed by atoms with Gasteiger partial charge in [-0.05, 0) is 6.42 Å². The van der Waals surface area contributed by atoms with Gasteiger partial charge >= 0.3 is 0 Å². The van der Waals surface area contributed by atoms with Gasteiger partial charge in [0.05, 0.1) is 31.1 Å². The fourth-order valence-electron chi connectivity index (χ4n) is 1.20. The number of aliphatic hydroxyl groups is 3. The molecular formula is C9H21NO5S. The summed E-state index contributed by atoms with van der Waals surface area (Å²) in [5.74, 6) is 0.0572. The molecule has 0 radical (unpaired) electrons. The molecule has 0 bridgehead atoms. The monoisotopic (exact) mass is 255 g/mol. The van der Waals surface area contributed by atoms with Gasteiger partial charge in [0.2, 0.25) is 0 Å². The van der Waals surface area contributed by atoms with Crippen LogP contribution in [0.3, 0.4) is 0 Å². The normalized spacial score (nSPS) is 13.0. The molecule has 6 nitrogen and oxygen atoms in total. The van der Waals surface area contributed by atoms with Crippen LogP contribution in [0.4, 0.5) is 0 Å². The standard InChI is InChI=1S/C9H21NO5S/c1-2-4-16(14,15)5-3-10-9(6-11,7-12)8-13/h10-13H,2-8H2,1H3. The average molecular weight is 255 g/mol. The number of hydrogen-bond donors (Lipinski definition) is 4. The average Bonchev–Trinajstić information content (AvgIpc) is 2.25. The van der Waals surface area contributed by atoms with E-state index < -0.39 is 35.2 Å². The third kappa shape index (κ3) is 5.22. The summed E-state index contributed by atoms with van der Waals surface area (Å²) in [5.41, 5.74) is -1.21. The number of nitrogens with one attached hydrogen (secondary N) is 1. The highest BCUT2D eigenvalue weighted by Gasteiger charge is 2.27. The number of sulfone groups is 1. The van der Waals surface area contributed by atoms with E-state index in [4.69, 9.17) is 15.3 Å². The SMILES string of the molecule is CCCS(=O)(=O)CCNC(CO)(CO)CO. The molecule has 0 aromatic rings. The first-order valence-electron chi connectivity index (χ1n) is 5.23. The summed E-state index contributed by atoms with van der Waals surface area (Å²) >= 11 is 0. The molecule has 0 saturated carbocycles. The van der Waals surface area contributed by atoms with Gasteiger partial charge in [-0.15, -0.1) is 0 Å². The van der Waals surface area contributed by atoms with Crippen LogP contribution in [-0.2, 0) is 9.84 Å². The minimum absolute atomic E-state index is 0.0669. The third-order valence-corrected chi connectivity index (χ3v) is 4.19. The van der Waals surface area contributed by atoms with Gasteiger partial charge in [-0.1, -0.05) is 6.92 Å². The van der Waals surface area contributed by atoms with Crippen molar-refractivity contribution in [3.05, 3.63) is 0 Å². The molecule has 0 amide bonds. The molecule has 0 aromatic carbocycles. The van der Waals surface area contributed by atoms with Crippen molar-refractivity contribution in [1.29, 1.82) is 0 Å². The van der Waals surface area contributed by atoms with Crippen molar-refractivity contribution in [1.82, 2.24) is 5.32 Å². The Kier molecular flexibility index (Phi) is 7.09. The van der Waals surface area contributed by atoms with E-state index in [1.807, 2.05) is 0 Å². The molecule has 16 heavy (non-hydrogen) atoms. The van der Waals surface area contributed by atoms with Crippen LogP contribution < -0.4 is 5.32 Å². The molecule has 0 spiro atoms. The van der Waals surface area contributed by atoms with Crippen LogP contribution >= 0.6 is 0 Å². The first-order chi connectivity index (χ1) is 7.45. The summed E-state index contributed by atoms with van der Waals surface area (Å²) in [5, 5.41) is 29.6. The van der Waals surface area contributed by atoms with Gasteiger partial charge in [-0.25, -0.2) is 8.42 Å². The van der Waals surface area contributed by atoms with Gasteiger partial charge in [-0.2, -0.15) is 0 Å². The van der Waals surface area contributed by atoms with Crippen LogP contribution in [0.2, 0.25) is 0 Å². The molecule has 0 aliphatic heterocycles. The van der Waals surface area contributed by atoms with Gasteiger partial charge in [0.25, 0.3) is 0 Å². The highest BCUT2D eigenvalue weighted by molar-refractivity contribution is 7.91. The first-order valence-corrected chi connectivity index (χ1v) is 7.05. The van der Waals surface area contributed by atoms with Gasteiger partial charge in [0.1, 0.15) is 0 Å². The largest absolute Gasteiger partial charge is 0.394 e. The minimum atomic E-state index is -3.09. The number of rotatable bonds is 9. The zero-order valence-corrected chi connectivity index (χ0v) is 10.3. The molecule has 0 heterocycles. The Morgan fingerprint density at radius 1 is 1.06 bits per heavy atom. The van der Waals surface area contributed by atoms with Crippen molar-refractivity contribution in [2.45, 2.75) is 18.9 Å². The Balaban J connectivity index is 4.14. The van der Waals surface area contributed by atoms with Crippen molar-refractivity contribution in [3.63, 3.8) is 0 Å². The summed E-state index contributed by atoms with van der Waals surface area (Å²) in [6.45, 7) is 0.532. The summed E-state index contributed by atoms with van der Waals surface area (Å²) < 4.78 is 22.7. The first kappa shape index (κ1) is 15.8. The quantitative estimate of drug-likeness (QED) is 0.384. The second kappa shape index (κ2) is 7.18. The molecule has 0 aliphatic rings. The molecule has 4 N–H and O–H groups in total. The lowest BCUT2D eigenvalue weighted by molar-refractivity contribution is 0.0440. The second-order valence-corrected chi connectivity index (χ2v) is 6.14. The van der Waals surface area contributed by atoms with E-state index in [-0.39, 0.29) is 18.1 Å². The lowest BCUT2D eigenvalue weighted by atomic mass is 10.0. The maximum absolute atomic E-state index is 11.4. The van der Waals surface area contributed by atoms with Gasteiger partial charge in [0.15, 0.2) is 9.84 Å². The van der Waals surface area contributed by atoms with E-state index in [0.29, 0.717) is 6.42 Å². The van der Waals surface area contributed by atoms with Gasteiger partial charge in [-0.3, -0.25) is 0 Å². The van der Waals surface area contributed by atoms with Gasteiger partial charge in [0, 0.05) is 12.3 Å². The zero-order valence-electron chi connectivity index (χ0n) is 9.52. The van der Waals surface area contributed by atoms with E-state index in [1.165, 1.54) is 0 Å². The number of hydrogen-bond acceptors (Lipinski definition) is 6. The van der Waals surface area contributed by atoms with E-state index in [9.17, 15) is 8.42 Å². The van der Waals surface area contributed by atoms with Crippen LogP contribution in [0.15, 0.2) is 0 Å². The van der Waals surface area contributed by atoms with Crippen molar-refractivity contribution in [2.75, 3.05) is 37.9 Å². The topological polar surface area (TPSA) is 107 Å². The molecule has 0 fully saturated rings. The van der Waals surface area contributed by atoms with Crippen LogP contribution in [0.5, 0.6) is 0 Å². The highest BCUT2D eigenvalue weighted by Crippen LogP contribution is 2.01. The van der Waals surface area contributed by atoms with Crippen molar-refractivity contribution < 1.29 is 23.7 Å². The van der Waals surface area contributed by atoms with Crippen molar-refractivity contribution in [2.24, 2.45) is 0 Å². The maximum atomic E-state index is 11.4. The highest BCUT2D eigenvalue weighted by atomic mass is 32.2.